The van der Waals surface area contributed by atoms with E-state index in [-0.39, 0.29) is 11.4 Å². The number of benzene rings is 2. The zero-order valence-electron chi connectivity index (χ0n) is 12.7. The number of aromatic nitrogens is 2. The molecule has 0 bridgehead atoms. The molecule has 1 amide bonds. The fourth-order valence-electron chi connectivity index (χ4n) is 2.42. The molecule has 24 heavy (non-hydrogen) atoms. The van der Waals surface area contributed by atoms with Crippen molar-refractivity contribution in [1.29, 1.82) is 0 Å². The maximum atomic E-state index is 11.8. The fraction of sp³-hybridized carbons (Fsp3) is 0.0588. The summed E-state index contributed by atoms with van der Waals surface area (Å²) in [6, 6.07) is 14.3. The van der Waals surface area contributed by atoms with Crippen molar-refractivity contribution in [3.8, 4) is 22.7 Å². The van der Waals surface area contributed by atoms with Crippen LogP contribution in [0.4, 0.5) is 0 Å². The third-order valence-electron chi connectivity index (χ3n) is 3.48. The Morgan fingerprint density at radius 2 is 1.79 bits per heavy atom. The third kappa shape index (κ3) is 2.84. The largest absolute Gasteiger partial charge is 0.492 e. The Morgan fingerprint density at radius 3 is 2.38 bits per heavy atom. The van der Waals surface area contributed by atoms with Crippen LogP contribution in [-0.2, 0) is 0 Å². The zero-order chi connectivity index (χ0) is 17.3. The van der Waals surface area contributed by atoms with Crippen LogP contribution in [0.1, 0.15) is 10.5 Å². The van der Waals surface area contributed by atoms with Crippen molar-refractivity contribution in [2.75, 3.05) is 7.11 Å². The van der Waals surface area contributed by atoms with Crippen molar-refractivity contribution in [2.24, 2.45) is 5.73 Å². The van der Waals surface area contributed by atoms with Gasteiger partial charge in [-0.1, -0.05) is 47.5 Å². The second-order valence-electron chi connectivity index (χ2n) is 4.96. The molecule has 3 rings (SSSR count). The van der Waals surface area contributed by atoms with Gasteiger partial charge in [0.15, 0.2) is 11.4 Å². The van der Waals surface area contributed by atoms with E-state index in [0.29, 0.717) is 21.4 Å². The lowest BCUT2D eigenvalue weighted by Crippen LogP contribution is -2.13. The summed E-state index contributed by atoms with van der Waals surface area (Å²) in [7, 11) is 1.46. The number of nitrogens with zero attached hydrogens (tertiary/aromatic N) is 2. The van der Waals surface area contributed by atoms with Crippen molar-refractivity contribution in [3.05, 3.63) is 64.3 Å². The lowest BCUT2D eigenvalue weighted by Gasteiger charge is -2.10. The Morgan fingerprint density at radius 1 is 1.12 bits per heavy atom. The van der Waals surface area contributed by atoms with Crippen molar-refractivity contribution in [3.63, 3.8) is 0 Å². The first-order valence-corrected chi connectivity index (χ1v) is 7.76. The molecular formula is C17H13Cl2N3O2. The predicted octanol–water partition coefficient (Wildman–Crippen LogP) is 3.95. The topological polar surface area (TPSA) is 70.1 Å². The van der Waals surface area contributed by atoms with E-state index in [1.165, 1.54) is 7.11 Å². The molecule has 0 aliphatic rings. The van der Waals surface area contributed by atoms with E-state index in [0.717, 1.165) is 5.56 Å². The maximum Gasteiger partial charge on any atom is 0.273 e. The van der Waals surface area contributed by atoms with Gasteiger partial charge >= 0.3 is 0 Å². The van der Waals surface area contributed by atoms with Crippen LogP contribution >= 0.6 is 23.2 Å². The van der Waals surface area contributed by atoms with E-state index in [1.54, 1.807) is 41.1 Å². The number of ether oxygens (including phenoxy) is 1. The monoisotopic (exact) mass is 361 g/mol. The third-order valence-corrected chi connectivity index (χ3v) is 4.05. The van der Waals surface area contributed by atoms with Crippen LogP contribution < -0.4 is 10.5 Å². The average Bonchev–Trinajstić information content (AvgIpc) is 2.95. The van der Waals surface area contributed by atoms with Gasteiger partial charge in [-0.05, 0) is 24.3 Å². The highest BCUT2D eigenvalue weighted by Crippen LogP contribution is 2.37. The van der Waals surface area contributed by atoms with Gasteiger partial charge in [0.2, 0.25) is 0 Å². The van der Waals surface area contributed by atoms with Gasteiger partial charge in [-0.3, -0.25) is 4.79 Å². The molecule has 0 spiro atoms. The van der Waals surface area contributed by atoms with Gasteiger partial charge in [-0.2, -0.15) is 5.10 Å². The maximum absolute atomic E-state index is 11.8. The summed E-state index contributed by atoms with van der Waals surface area (Å²) in [5.74, 6) is -0.405. The lowest BCUT2D eigenvalue weighted by atomic mass is 10.1. The number of carbonyl (C=O) groups is 1. The van der Waals surface area contributed by atoms with E-state index < -0.39 is 5.91 Å². The Balaban J connectivity index is 2.34. The number of primary amides is 1. The Kier molecular flexibility index (Phi) is 4.46. The minimum Gasteiger partial charge on any atom is -0.492 e. The zero-order valence-corrected chi connectivity index (χ0v) is 14.2. The van der Waals surface area contributed by atoms with Crippen LogP contribution in [0.2, 0.25) is 10.0 Å². The number of methoxy groups -OCH3 is 1. The Hall–Kier alpha value is -2.50. The number of carbonyl (C=O) groups excluding carboxylic acids is 1. The Bertz CT molecular complexity index is 905. The molecule has 0 radical (unpaired) electrons. The highest BCUT2D eigenvalue weighted by atomic mass is 35.5. The van der Waals surface area contributed by atoms with Gasteiger partial charge in [0.1, 0.15) is 5.69 Å². The number of amides is 1. The van der Waals surface area contributed by atoms with Crippen molar-refractivity contribution in [1.82, 2.24) is 9.78 Å². The SMILES string of the molecule is COc1c(C(N)=O)nn(-c2ccccc2Cl)c1-c1ccc(Cl)cc1. The summed E-state index contributed by atoms with van der Waals surface area (Å²) in [5.41, 5.74) is 7.40. The molecule has 0 unspecified atom stereocenters. The summed E-state index contributed by atoms with van der Waals surface area (Å²) in [4.78, 5) is 11.8. The van der Waals surface area contributed by atoms with E-state index in [9.17, 15) is 4.79 Å². The number of para-hydroxylation sites is 1. The number of hydrogen-bond acceptors (Lipinski definition) is 3. The molecule has 2 N–H and O–H groups in total. The molecule has 0 aliphatic heterocycles. The smallest absolute Gasteiger partial charge is 0.273 e. The quantitative estimate of drug-likeness (QED) is 0.764. The second kappa shape index (κ2) is 6.55. The molecule has 122 valence electrons. The minimum atomic E-state index is -0.687. The van der Waals surface area contributed by atoms with Crippen LogP contribution in [0.25, 0.3) is 16.9 Å². The van der Waals surface area contributed by atoms with Gasteiger partial charge in [-0.25, -0.2) is 4.68 Å². The van der Waals surface area contributed by atoms with Crippen molar-refractivity contribution in [2.45, 2.75) is 0 Å². The number of halogens is 2. The van der Waals surface area contributed by atoms with Gasteiger partial charge in [0, 0.05) is 10.6 Å². The van der Waals surface area contributed by atoms with Crippen LogP contribution in [0.15, 0.2) is 48.5 Å². The molecule has 3 aromatic rings. The summed E-state index contributed by atoms with van der Waals surface area (Å²) >= 11 is 12.3. The minimum absolute atomic E-state index is 0.0300. The molecule has 1 aromatic heterocycles. The average molecular weight is 362 g/mol. The molecule has 0 aliphatic carbocycles. The van der Waals surface area contributed by atoms with Gasteiger partial charge in [0.05, 0.1) is 17.8 Å². The molecule has 0 atom stereocenters. The number of rotatable bonds is 4. The molecule has 5 nitrogen and oxygen atoms in total. The van der Waals surface area contributed by atoms with Gasteiger partial charge < -0.3 is 10.5 Å². The highest BCUT2D eigenvalue weighted by molar-refractivity contribution is 6.32. The summed E-state index contributed by atoms with van der Waals surface area (Å²) < 4.78 is 6.95. The van der Waals surface area contributed by atoms with E-state index in [1.807, 2.05) is 12.1 Å². The Labute approximate surface area is 148 Å². The van der Waals surface area contributed by atoms with Crippen LogP contribution in [0, 0.1) is 0 Å². The molecule has 2 aromatic carbocycles. The van der Waals surface area contributed by atoms with E-state index in [4.69, 9.17) is 33.7 Å². The first kappa shape index (κ1) is 16.4. The van der Waals surface area contributed by atoms with Crippen LogP contribution in [0.5, 0.6) is 5.75 Å². The van der Waals surface area contributed by atoms with Crippen LogP contribution in [-0.4, -0.2) is 22.8 Å². The van der Waals surface area contributed by atoms with E-state index in [2.05, 4.69) is 5.10 Å². The van der Waals surface area contributed by atoms with Crippen molar-refractivity contribution >= 4 is 29.1 Å². The number of nitrogens with two attached hydrogens (primary N) is 1. The first-order valence-electron chi connectivity index (χ1n) is 7.00. The predicted molar refractivity (Wildman–Crippen MR) is 94.1 cm³/mol. The fourth-order valence-corrected chi connectivity index (χ4v) is 2.76. The lowest BCUT2D eigenvalue weighted by molar-refractivity contribution is 0.0992. The summed E-state index contributed by atoms with van der Waals surface area (Å²) in [6.45, 7) is 0. The summed E-state index contributed by atoms with van der Waals surface area (Å²) in [6.07, 6.45) is 0. The molecule has 7 heteroatoms. The normalized spacial score (nSPS) is 10.6. The molecule has 0 saturated heterocycles. The second-order valence-corrected chi connectivity index (χ2v) is 5.81. The van der Waals surface area contributed by atoms with E-state index >= 15 is 0 Å². The summed E-state index contributed by atoms with van der Waals surface area (Å²) in [5, 5.41) is 5.38. The molecular weight excluding hydrogens is 349 g/mol. The highest BCUT2D eigenvalue weighted by Gasteiger charge is 2.25. The molecule has 1 heterocycles. The molecule has 0 fully saturated rings. The standard InChI is InChI=1S/C17H13Cl2N3O2/c1-24-16-14(17(20)23)21-22(13-5-3-2-4-12(13)19)15(16)10-6-8-11(18)9-7-10/h2-9H,1H3,(H2,20,23). The molecule has 0 saturated carbocycles. The van der Waals surface area contributed by atoms with Crippen LogP contribution in [0.3, 0.4) is 0 Å². The number of hydrogen-bond donors (Lipinski definition) is 1. The van der Waals surface area contributed by atoms with Crippen molar-refractivity contribution < 1.29 is 9.53 Å². The van der Waals surface area contributed by atoms with Gasteiger partial charge in [-0.15, -0.1) is 0 Å². The van der Waals surface area contributed by atoms with Gasteiger partial charge in [0.25, 0.3) is 5.91 Å². The first-order chi connectivity index (χ1) is 11.5.